The van der Waals surface area contributed by atoms with Gasteiger partial charge in [0, 0.05) is 19.0 Å². The van der Waals surface area contributed by atoms with Crippen LogP contribution in [0.2, 0.25) is 0 Å². The SMILES string of the molecule is COc1cc(CN(C)CCCl)cc(OC)c1OC.Cl. The van der Waals surface area contributed by atoms with Crippen LogP contribution in [0.25, 0.3) is 0 Å². The zero-order chi connectivity index (χ0) is 13.5. The fourth-order valence-electron chi connectivity index (χ4n) is 1.76. The van der Waals surface area contributed by atoms with Crippen molar-refractivity contribution in [1.82, 2.24) is 4.90 Å². The summed E-state index contributed by atoms with van der Waals surface area (Å²) in [5.41, 5.74) is 1.09. The van der Waals surface area contributed by atoms with Gasteiger partial charge >= 0.3 is 0 Å². The van der Waals surface area contributed by atoms with Crippen molar-refractivity contribution in [3.63, 3.8) is 0 Å². The van der Waals surface area contributed by atoms with E-state index in [2.05, 4.69) is 4.90 Å². The van der Waals surface area contributed by atoms with Crippen molar-refractivity contribution >= 4 is 24.0 Å². The van der Waals surface area contributed by atoms with Gasteiger partial charge in [0.05, 0.1) is 21.3 Å². The van der Waals surface area contributed by atoms with Gasteiger partial charge < -0.3 is 19.1 Å². The van der Waals surface area contributed by atoms with Crippen molar-refractivity contribution in [2.24, 2.45) is 0 Å². The Morgan fingerprint density at radius 1 is 1.05 bits per heavy atom. The highest BCUT2D eigenvalue weighted by molar-refractivity contribution is 6.18. The van der Waals surface area contributed by atoms with E-state index >= 15 is 0 Å². The zero-order valence-corrected chi connectivity index (χ0v) is 13.3. The van der Waals surface area contributed by atoms with Crippen molar-refractivity contribution in [3.05, 3.63) is 17.7 Å². The van der Waals surface area contributed by atoms with Gasteiger partial charge in [-0.15, -0.1) is 24.0 Å². The minimum absolute atomic E-state index is 0. The molecule has 0 spiro atoms. The summed E-state index contributed by atoms with van der Waals surface area (Å²) in [6.07, 6.45) is 0. The fourth-order valence-corrected chi connectivity index (χ4v) is 2.05. The maximum absolute atomic E-state index is 5.72. The highest BCUT2D eigenvalue weighted by atomic mass is 35.5. The summed E-state index contributed by atoms with van der Waals surface area (Å²) in [5.74, 6) is 2.57. The van der Waals surface area contributed by atoms with Crippen LogP contribution in [-0.4, -0.2) is 45.7 Å². The Hall–Kier alpha value is -0.840. The Labute approximate surface area is 126 Å². The number of rotatable bonds is 7. The third-order valence-electron chi connectivity index (χ3n) is 2.64. The topological polar surface area (TPSA) is 30.9 Å². The molecule has 0 unspecified atom stereocenters. The molecule has 1 aromatic rings. The highest BCUT2D eigenvalue weighted by Gasteiger charge is 2.13. The second-order valence-electron chi connectivity index (χ2n) is 3.96. The molecule has 19 heavy (non-hydrogen) atoms. The number of hydrogen-bond donors (Lipinski definition) is 0. The summed E-state index contributed by atoms with van der Waals surface area (Å²) in [6.45, 7) is 1.61. The van der Waals surface area contributed by atoms with Gasteiger partial charge in [0.15, 0.2) is 11.5 Å². The number of hydrogen-bond acceptors (Lipinski definition) is 4. The molecule has 0 aromatic heterocycles. The van der Waals surface area contributed by atoms with Crippen LogP contribution in [-0.2, 0) is 6.54 Å². The summed E-state index contributed by atoms with van der Waals surface area (Å²) >= 11 is 5.72. The average Bonchev–Trinajstić information content (AvgIpc) is 2.37. The first-order valence-electron chi connectivity index (χ1n) is 5.69. The van der Waals surface area contributed by atoms with E-state index in [0.717, 1.165) is 18.7 Å². The molecule has 1 aromatic carbocycles. The first-order chi connectivity index (χ1) is 8.65. The molecule has 110 valence electrons. The van der Waals surface area contributed by atoms with Crippen LogP contribution in [0.4, 0.5) is 0 Å². The lowest BCUT2D eigenvalue weighted by Crippen LogP contribution is -2.20. The van der Waals surface area contributed by atoms with Crippen LogP contribution >= 0.6 is 24.0 Å². The number of nitrogens with zero attached hydrogens (tertiary/aromatic N) is 1. The molecule has 4 nitrogen and oxygen atoms in total. The quantitative estimate of drug-likeness (QED) is 0.725. The van der Waals surface area contributed by atoms with Crippen molar-refractivity contribution in [3.8, 4) is 17.2 Å². The molecule has 0 aliphatic rings. The molecule has 0 saturated carbocycles. The van der Waals surface area contributed by atoms with Crippen LogP contribution < -0.4 is 14.2 Å². The lowest BCUT2D eigenvalue weighted by Gasteiger charge is -2.18. The summed E-state index contributed by atoms with van der Waals surface area (Å²) in [5, 5.41) is 0. The Bertz CT molecular complexity index is 363. The lowest BCUT2D eigenvalue weighted by molar-refractivity contribution is 0.318. The molecule has 0 bridgehead atoms. The number of halogens is 2. The first-order valence-corrected chi connectivity index (χ1v) is 6.23. The van der Waals surface area contributed by atoms with E-state index < -0.39 is 0 Å². The van der Waals surface area contributed by atoms with Crippen molar-refractivity contribution in [2.75, 3.05) is 40.8 Å². The third-order valence-corrected chi connectivity index (χ3v) is 2.81. The monoisotopic (exact) mass is 309 g/mol. The van der Waals surface area contributed by atoms with Crippen molar-refractivity contribution in [2.45, 2.75) is 6.54 Å². The van der Waals surface area contributed by atoms with Crippen LogP contribution in [0.5, 0.6) is 17.2 Å². The molecule has 0 N–H and O–H groups in total. The fraction of sp³-hybridized carbons (Fsp3) is 0.538. The van der Waals surface area contributed by atoms with Gasteiger partial charge in [-0.25, -0.2) is 0 Å². The lowest BCUT2D eigenvalue weighted by atomic mass is 10.1. The molecule has 0 radical (unpaired) electrons. The molecule has 6 heteroatoms. The van der Waals surface area contributed by atoms with E-state index in [4.69, 9.17) is 25.8 Å². The summed E-state index contributed by atoms with van der Waals surface area (Å²) in [7, 11) is 6.85. The zero-order valence-electron chi connectivity index (χ0n) is 11.7. The van der Waals surface area contributed by atoms with E-state index in [1.165, 1.54) is 0 Å². The van der Waals surface area contributed by atoms with Crippen LogP contribution in [0, 0.1) is 0 Å². The largest absolute Gasteiger partial charge is 0.493 e. The maximum atomic E-state index is 5.72. The molecule has 1 rings (SSSR count). The van der Waals surface area contributed by atoms with Gasteiger partial charge in [-0.3, -0.25) is 0 Å². The third kappa shape index (κ3) is 4.97. The van der Waals surface area contributed by atoms with Gasteiger partial charge in [0.2, 0.25) is 5.75 Å². The Morgan fingerprint density at radius 3 is 1.95 bits per heavy atom. The van der Waals surface area contributed by atoms with E-state index in [1.807, 2.05) is 19.2 Å². The highest BCUT2D eigenvalue weighted by Crippen LogP contribution is 2.38. The Morgan fingerprint density at radius 2 is 1.58 bits per heavy atom. The molecule has 0 aliphatic heterocycles. The predicted octanol–water partition coefficient (Wildman–Crippen LogP) is 2.80. The number of alkyl halides is 1. The normalized spacial score (nSPS) is 10.0. The van der Waals surface area contributed by atoms with Crippen LogP contribution in [0.3, 0.4) is 0 Å². The smallest absolute Gasteiger partial charge is 0.203 e. The molecule has 0 fully saturated rings. The molecule has 0 heterocycles. The van der Waals surface area contributed by atoms with E-state index in [-0.39, 0.29) is 12.4 Å². The summed E-state index contributed by atoms with van der Waals surface area (Å²) < 4.78 is 15.9. The van der Waals surface area contributed by atoms with Crippen LogP contribution in [0.15, 0.2) is 12.1 Å². The van der Waals surface area contributed by atoms with E-state index in [0.29, 0.717) is 23.1 Å². The Kier molecular flexibility index (Phi) is 8.72. The average molecular weight is 310 g/mol. The maximum Gasteiger partial charge on any atom is 0.203 e. The summed E-state index contributed by atoms with van der Waals surface area (Å²) in [6, 6.07) is 3.90. The molecule has 0 aliphatic carbocycles. The van der Waals surface area contributed by atoms with Gasteiger partial charge in [-0.1, -0.05) is 0 Å². The van der Waals surface area contributed by atoms with E-state index in [1.54, 1.807) is 21.3 Å². The van der Waals surface area contributed by atoms with Gasteiger partial charge in [0.1, 0.15) is 0 Å². The molecule has 0 amide bonds. The second-order valence-corrected chi connectivity index (χ2v) is 4.34. The minimum atomic E-state index is 0. The standard InChI is InChI=1S/C13H20ClNO3.ClH/c1-15(6-5-14)9-10-7-11(16-2)13(18-4)12(8-10)17-3;/h7-8H,5-6,9H2,1-4H3;1H. The van der Waals surface area contributed by atoms with Crippen LogP contribution in [0.1, 0.15) is 5.56 Å². The van der Waals surface area contributed by atoms with Gasteiger partial charge in [-0.05, 0) is 24.7 Å². The summed E-state index contributed by atoms with van der Waals surface area (Å²) in [4.78, 5) is 2.13. The second kappa shape index (κ2) is 9.13. The molecular weight excluding hydrogens is 289 g/mol. The van der Waals surface area contributed by atoms with Crippen molar-refractivity contribution in [1.29, 1.82) is 0 Å². The van der Waals surface area contributed by atoms with Gasteiger partial charge in [-0.2, -0.15) is 0 Å². The minimum Gasteiger partial charge on any atom is -0.493 e. The molecule has 0 atom stereocenters. The molecular formula is C13H21Cl2NO3. The van der Waals surface area contributed by atoms with Gasteiger partial charge in [0.25, 0.3) is 0 Å². The predicted molar refractivity (Wildman–Crippen MR) is 80.4 cm³/mol. The number of benzene rings is 1. The van der Waals surface area contributed by atoms with E-state index in [9.17, 15) is 0 Å². The number of methoxy groups -OCH3 is 3. The Balaban J connectivity index is 0.00000324. The van der Waals surface area contributed by atoms with Crippen molar-refractivity contribution < 1.29 is 14.2 Å². The molecule has 0 saturated heterocycles. The first kappa shape index (κ1) is 18.2. The number of ether oxygens (including phenoxy) is 3.